The fourth-order valence-electron chi connectivity index (χ4n) is 4.96. The number of nitrogens with one attached hydrogen (secondary N) is 2. The van der Waals surface area contributed by atoms with Gasteiger partial charge in [-0.05, 0) is 79.5 Å². The highest BCUT2D eigenvalue weighted by Gasteiger charge is 2.42. The van der Waals surface area contributed by atoms with Crippen LogP contribution < -0.4 is 10.9 Å². The second kappa shape index (κ2) is 13.4. The Labute approximate surface area is 229 Å². The third-order valence-electron chi connectivity index (χ3n) is 7.01. The minimum atomic E-state index is -0.838. The van der Waals surface area contributed by atoms with Crippen molar-refractivity contribution < 1.29 is 23.9 Å². The van der Waals surface area contributed by atoms with Crippen molar-refractivity contribution in [2.24, 2.45) is 5.41 Å². The molecule has 2 heterocycles. The van der Waals surface area contributed by atoms with Crippen molar-refractivity contribution in [3.63, 3.8) is 0 Å². The fraction of sp³-hybridized carbons (Fsp3) is 0.533. The van der Waals surface area contributed by atoms with Crippen LogP contribution in [0, 0.1) is 5.41 Å². The summed E-state index contributed by atoms with van der Waals surface area (Å²) in [4.78, 5) is 54.7. The van der Waals surface area contributed by atoms with Crippen molar-refractivity contribution in [3.8, 4) is 0 Å². The van der Waals surface area contributed by atoms with Gasteiger partial charge < -0.3 is 24.7 Å². The number of aryl methyl sites for hydroxylation is 1. The molecule has 2 aromatic rings. The Bertz CT molecular complexity index is 1250. The number of pyridine rings is 1. The molecule has 212 valence electrons. The minimum Gasteiger partial charge on any atom is -0.464 e. The SMILES string of the molecule is C=Cc1cc(CCCCCOC(=O)N[C@H](C(=O)N2CCCC2C(=O)OCC)C(C)(C)C)cc2c(=O)[nH]ccc12. The number of hydrogen-bond donors (Lipinski definition) is 2. The summed E-state index contributed by atoms with van der Waals surface area (Å²) in [6.45, 7) is 12.1. The van der Waals surface area contributed by atoms with Gasteiger partial charge >= 0.3 is 12.1 Å². The summed E-state index contributed by atoms with van der Waals surface area (Å²) in [5.74, 6) is -0.710. The van der Waals surface area contributed by atoms with Gasteiger partial charge in [0.1, 0.15) is 12.1 Å². The van der Waals surface area contributed by atoms with Crippen molar-refractivity contribution in [2.45, 2.75) is 78.3 Å². The van der Waals surface area contributed by atoms with Gasteiger partial charge in [-0.25, -0.2) is 9.59 Å². The Morgan fingerprint density at radius 3 is 2.64 bits per heavy atom. The third kappa shape index (κ3) is 7.71. The molecule has 0 saturated carbocycles. The van der Waals surface area contributed by atoms with E-state index in [1.54, 1.807) is 19.2 Å². The Balaban J connectivity index is 1.48. The summed E-state index contributed by atoms with van der Waals surface area (Å²) in [5, 5.41) is 4.26. The molecule has 2 amide bonds. The molecule has 2 atom stereocenters. The maximum atomic E-state index is 13.4. The number of H-pyrrole nitrogens is 1. The fourth-order valence-corrected chi connectivity index (χ4v) is 4.96. The first kappa shape index (κ1) is 29.9. The van der Waals surface area contributed by atoms with E-state index >= 15 is 0 Å². The van der Waals surface area contributed by atoms with Gasteiger partial charge in [-0.1, -0.05) is 39.5 Å². The molecular formula is C30H41N3O6. The topological polar surface area (TPSA) is 118 Å². The zero-order valence-corrected chi connectivity index (χ0v) is 23.5. The maximum Gasteiger partial charge on any atom is 0.407 e. The molecule has 39 heavy (non-hydrogen) atoms. The van der Waals surface area contributed by atoms with Gasteiger partial charge in [0.2, 0.25) is 5.91 Å². The van der Waals surface area contributed by atoms with Gasteiger partial charge in [0.15, 0.2) is 0 Å². The van der Waals surface area contributed by atoms with E-state index in [0.29, 0.717) is 31.2 Å². The van der Waals surface area contributed by atoms with E-state index in [2.05, 4.69) is 22.9 Å². The van der Waals surface area contributed by atoms with Crippen LogP contribution in [0.3, 0.4) is 0 Å². The van der Waals surface area contributed by atoms with E-state index in [-0.39, 0.29) is 24.7 Å². The van der Waals surface area contributed by atoms with Gasteiger partial charge in [-0.2, -0.15) is 0 Å². The lowest BCUT2D eigenvalue weighted by molar-refractivity contribution is -0.154. The van der Waals surface area contributed by atoms with E-state index in [4.69, 9.17) is 9.47 Å². The van der Waals surface area contributed by atoms with E-state index in [9.17, 15) is 19.2 Å². The molecule has 1 fully saturated rings. The van der Waals surface area contributed by atoms with Crippen LogP contribution in [0.4, 0.5) is 4.79 Å². The number of benzene rings is 1. The van der Waals surface area contributed by atoms with Crippen molar-refractivity contribution >= 4 is 34.8 Å². The predicted molar refractivity (Wildman–Crippen MR) is 151 cm³/mol. The number of likely N-dealkylation sites (tertiary alicyclic amines) is 1. The Morgan fingerprint density at radius 2 is 1.95 bits per heavy atom. The van der Waals surface area contributed by atoms with Gasteiger partial charge in [-0.15, -0.1) is 0 Å². The lowest BCUT2D eigenvalue weighted by atomic mass is 9.85. The molecule has 2 N–H and O–H groups in total. The van der Waals surface area contributed by atoms with Crippen molar-refractivity contribution in [1.82, 2.24) is 15.2 Å². The number of rotatable bonds is 11. The minimum absolute atomic E-state index is 0.120. The van der Waals surface area contributed by atoms with Crippen LogP contribution in [-0.4, -0.2) is 59.7 Å². The molecule has 9 heteroatoms. The molecule has 0 spiro atoms. The Kier molecular flexibility index (Phi) is 10.3. The average molecular weight is 540 g/mol. The molecular weight excluding hydrogens is 498 g/mol. The van der Waals surface area contributed by atoms with E-state index in [1.807, 2.05) is 32.9 Å². The lowest BCUT2D eigenvalue weighted by Gasteiger charge is -2.34. The number of alkyl carbamates (subject to hydrolysis) is 1. The number of aromatic amines is 1. The lowest BCUT2D eigenvalue weighted by Crippen LogP contribution is -2.56. The highest BCUT2D eigenvalue weighted by Crippen LogP contribution is 2.26. The summed E-state index contributed by atoms with van der Waals surface area (Å²) >= 11 is 0. The maximum absolute atomic E-state index is 13.4. The van der Waals surface area contributed by atoms with Crippen LogP contribution in [0.1, 0.15) is 70.9 Å². The first-order valence-corrected chi connectivity index (χ1v) is 13.7. The second-order valence-corrected chi connectivity index (χ2v) is 11.0. The van der Waals surface area contributed by atoms with Gasteiger partial charge in [0.25, 0.3) is 5.56 Å². The molecule has 1 saturated heterocycles. The third-order valence-corrected chi connectivity index (χ3v) is 7.01. The largest absolute Gasteiger partial charge is 0.464 e. The van der Waals surface area contributed by atoms with Crippen molar-refractivity contribution in [3.05, 3.63) is 52.5 Å². The molecule has 1 aliphatic heterocycles. The zero-order chi connectivity index (χ0) is 28.6. The molecule has 0 aliphatic carbocycles. The second-order valence-electron chi connectivity index (χ2n) is 11.0. The molecule has 0 radical (unpaired) electrons. The number of nitrogens with zero attached hydrogens (tertiary/aromatic N) is 1. The molecule has 9 nitrogen and oxygen atoms in total. The summed E-state index contributed by atoms with van der Waals surface area (Å²) in [5.41, 5.74) is 1.29. The molecule has 1 aromatic heterocycles. The van der Waals surface area contributed by atoms with Gasteiger partial charge in [0, 0.05) is 18.1 Å². The number of amides is 2. The highest BCUT2D eigenvalue weighted by molar-refractivity contribution is 5.91. The van der Waals surface area contributed by atoms with Crippen LogP contribution in [0.5, 0.6) is 0 Å². The monoisotopic (exact) mass is 539 g/mol. The number of aromatic nitrogens is 1. The van der Waals surface area contributed by atoms with Crippen LogP contribution in [0.15, 0.2) is 35.8 Å². The number of ether oxygens (including phenoxy) is 2. The normalized spacial score (nSPS) is 16.1. The highest BCUT2D eigenvalue weighted by atomic mass is 16.5. The van der Waals surface area contributed by atoms with E-state index in [0.717, 1.165) is 35.8 Å². The molecule has 1 unspecified atom stereocenters. The molecule has 3 rings (SSSR count). The first-order chi connectivity index (χ1) is 18.6. The summed E-state index contributed by atoms with van der Waals surface area (Å²) in [7, 11) is 0. The number of unbranched alkanes of at least 4 members (excludes halogenated alkanes) is 2. The Hall–Kier alpha value is -3.62. The summed E-state index contributed by atoms with van der Waals surface area (Å²) < 4.78 is 10.5. The predicted octanol–water partition coefficient (Wildman–Crippen LogP) is 4.58. The number of carbonyl (C=O) groups excluding carboxylic acids is 3. The van der Waals surface area contributed by atoms with Gasteiger partial charge in [-0.3, -0.25) is 9.59 Å². The standard InChI is InChI=1S/C30H41N3O6/c1-6-21-18-20(19-23-22(21)14-15-31-26(23)34)12-9-8-10-17-39-29(37)32-25(30(3,4)5)27(35)33-16-11-13-24(33)28(36)38-7-2/h6,14-15,18-19,24-25H,1,7-13,16-17H2,2-5H3,(H,31,34)(H,32,37)/t24?,25-/m1/s1. The molecule has 1 aliphatic rings. The van der Waals surface area contributed by atoms with E-state index in [1.165, 1.54) is 4.90 Å². The zero-order valence-electron chi connectivity index (χ0n) is 23.5. The van der Waals surface area contributed by atoms with Crippen LogP contribution in [0.25, 0.3) is 16.8 Å². The quantitative estimate of drug-likeness (QED) is 0.319. The number of carbonyl (C=O) groups is 3. The van der Waals surface area contributed by atoms with E-state index < -0.39 is 29.6 Å². The number of esters is 1. The number of hydrogen-bond acceptors (Lipinski definition) is 6. The van der Waals surface area contributed by atoms with Crippen LogP contribution >= 0.6 is 0 Å². The average Bonchev–Trinajstić information content (AvgIpc) is 3.39. The molecule has 0 bridgehead atoms. The van der Waals surface area contributed by atoms with Gasteiger partial charge in [0.05, 0.1) is 13.2 Å². The Morgan fingerprint density at radius 1 is 1.18 bits per heavy atom. The summed E-state index contributed by atoms with van der Waals surface area (Å²) in [6, 6.07) is 4.39. The van der Waals surface area contributed by atoms with Crippen molar-refractivity contribution in [2.75, 3.05) is 19.8 Å². The summed E-state index contributed by atoms with van der Waals surface area (Å²) in [6.07, 6.45) is 7.16. The van der Waals surface area contributed by atoms with Crippen molar-refractivity contribution in [1.29, 1.82) is 0 Å². The van der Waals surface area contributed by atoms with Crippen LogP contribution in [-0.2, 0) is 25.5 Å². The first-order valence-electron chi connectivity index (χ1n) is 13.7. The smallest absolute Gasteiger partial charge is 0.407 e. The number of fused-ring (bicyclic) bond motifs is 1. The molecule has 1 aromatic carbocycles. The van der Waals surface area contributed by atoms with Crippen LogP contribution in [0.2, 0.25) is 0 Å².